The minimum atomic E-state index is -0.238. The first kappa shape index (κ1) is 18.5. The zero-order chi connectivity index (χ0) is 16.1. The van der Waals surface area contributed by atoms with Gasteiger partial charge in [-0.3, -0.25) is 4.79 Å². The van der Waals surface area contributed by atoms with Crippen LogP contribution in [0.25, 0.3) is 11.1 Å². The molecule has 0 saturated carbocycles. The Morgan fingerprint density at radius 1 is 1.17 bits per heavy atom. The van der Waals surface area contributed by atoms with Crippen LogP contribution in [0.15, 0.2) is 54.6 Å². The summed E-state index contributed by atoms with van der Waals surface area (Å²) >= 11 is 0. The van der Waals surface area contributed by atoms with Crippen LogP contribution in [0.4, 0.5) is 0 Å². The summed E-state index contributed by atoms with van der Waals surface area (Å²) in [6, 6.07) is 18.3. The van der Waals surface area contributed by atoms with Gasteiger partial charge in [-0.25, -0.2) is 0 Å². The number of likely N-dealkylation sites (N-methyl/N-ethyl adjacent to an activating group) is 1. The van der Waals surface area contributed by atoms with E-state index in [9.17, 15) is 4.79 Å². The molecule has 1 heterocycles. The van der Waals surface area contributed by atoms with Crippen LogP contribution in [0.2, 0.25) is 0 Å². The Balaban J connectivity index is 0.00000208. The highest BCUT2D eigenvalue weighted by atomic mass is 35.5. The summed E-state index contributed by atoms with van der Waals surface area (Å²) in [4.78, 5) is 14.3. The number of hydrogen-bond acceptors (Lipinski definition) is 3. The van der Waals surface area contributed by atoms with Crippen molar-refractivity contribution in [3.05, 3.63) is 60.2 Å². The Morgan fingerprint density at radius 3 is 2.58 bits per heavy atom. The molecule has 3 rings (SSSR count). The maximum atomic E-state index is 12.5. The third kappa shape index (κ3) is 4.35. The van der Waals surface area contributed by atoms with E-state index in [4.69, 9.17) is 4.74 Å². The number of amides is 1. The number of carbonyl (C=O) groups is 1. The molecule has 1 atom stereocenters. The first-order valence-electron chi connectivity index (χ1n) is 7.95. The second kappa shape index (κ2) is 8.83. The van der Waals surface area contributed by atoms with Crippen molar-refractivity contribution in [3.63, 3.8) is 0 Å². The highest BCUT2D eigenvalue weighted by Gasteiger charge is 2.24. The van der Waals surface area contributed by atoms with E-state index < -0.39 is 0 Å². The van der Waals surface area contributed by atoms with Gasteiger partial charge in [0.1, 0.15) is 6.04 Å². The number of hydrogen-bond donors (Lipinski definition) is 1. The fourth-order valence-corrected chi connectivity index (χ4v) is 2.88. The fourth-order valence-electron chi connectivity index (χ4n) is 2.88. The number of ether oxygens (including phenoxy) is 1. The predicted molar refractivity (Wildman–Crippen MR) is 98.2 cm³/mol. The molecule has 24 heavy (non-hydrogen) atoms. The van der Waals surface area contributed by atoms with E-state index in [2.05, 4.69) is 29.6 Å². The number of halogens is 1. The first-order valence-corrected chi connectivity index (χ1v) is 7.95. The SMILES string of the molecule is CN(Cc1ccccc1-c1ccccc1)C(=O)C1COCCN1.Cl. The van der Waals surface area contributed by atoms with Gasteiger partial charge >= 0.3 is 0 Å². The number of morpholine rings is 1. The van der Waals surface area contributed by atoms with Gasteiger partial charge in [-0.1, -0.05) is 54.6 Å². The van der Waals surface area contributed by atoms with Gasteiger partial charge in [-0.2, -0.15) is 0 Å². The van der Waals surface area contributed by atoms with E-state index in [-0.39, 0.29) is 24.4 Å². The summed E-state index contributed by atoms with van der Waals surface area (Å²) in [5.41, 5.74) is 3.48. The fraction of sp³-hybridized carbons (Fsp3) is 0.316. The minimum absolute atomic E-state index is 0. The summed E-state index contributed by atoms with van der Waals surface area (Å²) in [6.45, 7) is 2.43. The van der Waals surface area contributed by atoms with Crippen molar-refractivity contribution in [2.45, 2.75) is 12.6 Å². The van der Waals surface area contributed by atoms with Crippen molar-refractivity contribution in [1.29, 1.82) is 0 Å². The molecule has 0 spiro atoms. The molecule has 1 fully saturated rings. The molecule has 1 saturated heterocycles. The monoisotopic (exact) mass is 346 g/mol. The van der Waals surface area contributed by atoms with Gasteiger partial charge in [-0.15, -0.1) is 12.4 Å². The summed E-state index contributed by atoms with van der Waals surface area (Å²) < 4.78 is 5.39. The van der Waals surface area contributed by atoms with Crippen molar-refractivity contribution < 1.29 is 9.53 Å². The molecule has 5 heteroatoms. The van der Waals surface area contributed by atoms with E-state index in [1.54, 1.807) is 4.90 Å². The lowest BCUT2D eigenvalue weighted by Crippen LogP contribution is -2.51. The largest absolute Gasteiger partial charge is 0.378 e. The smallest absolute Gasteiger partial charge is 0.242 e. The van der Waals surface area contributed by atoms with Crippen molar-refractivity contribution in [2.24, 2.45) is 0 Å². The van der Waals surface area contributed by atoms with E-state index in [0.717, 1.165) is 12.1 Å². The minimum Gasteiger partial charge on any atom is -0.378 e. The molecule has 2 aromatic carbocycles. The van der Waals surface area contributed by atoms with E-state index in [1.807, 2.05) is 37.4 Å². The van der Waals surface area contributed by atoms with Crippen LogP contribution in [0.1, 0.15) is 5.56 Å². The maximum absolute atomic E-state index is 12.5. The molecule has 1 N–H and O–H groups in total. The normalized spacial score (nSPS) is 17.0. The third-order valence-electron chi connectivity index (χ3n) is 4.11. The highest BCUT2D eigenvalue weighted by Crippen LogP contribution is 2.24. The average molecular weight is 347 g/mol. The highest BCUT2D eigenvalue weighted by molar-refractivity contribution is 5.85. The lowest BCUT2D eigenvalue weighted by molar-refractivity contribution is -0.135. The van der Waals surface area contributed by atoms with E-state index in [1.165, 1.54) is 11.1 Å². The number of rotatable bonds is 4. The van der Waals surface area contributed by atoms with Gasteiger partial charge in [0, 0.05) is 20.1 Å². The maximum Gasteiger partial charge on any atom is 0.242 e. The average Bonchev–Trinajstić information content (AvgIpc) is 2.63. The first-order chi connectivity index (χ1) is 11.3. The number of benzene rings is 2. The van der Waals surface area contributed by atoms with Gasteiger partial charge in [-0.05, 0) is 16.7 Å². The second-order valence-electron chi connectivity index (χ2n) is 5.80. The van der Waals surface area contributed by atoms with Crippen LogP contribution < -0.4 is 5.32 Å². The Labute approximate surface area is 149 Å². The Morgan fingerprint density at radius 2 is 1.88 bits per heavy atom. The standard InChI is InChI=1S/C19H22N2O2.ClH/c1-21(19(22)18-14-23-12-11-20-18)13-16-9-5-6-10-17(16)15-7-3-2-4-8-15;/h2-10,18,20H,11-14H2,1H3;1H. The predicted octanol–water partition coefficient (Wildman–Crippen LogP) is 2.72. The lowest BCUT2D eigenvalue weighted by atomic mass is 9.99. The Hall–Kier alpha value is -1.88. The molecule has 4 nitrogen and oxygen atoms in total. The molecule has 1 amide bonds. The number of nitrogens with zero attached hydrogens (tertiary/aromatic N) is 1. The molecule has 128 valence electrons. The molecule has 1 unspecified atom stereocenters. The van der Waals surface area contributed by atoms with Crippen LogP contribution >= 0.6 is 12.4 Å². The van der Waals surface area contributed by atoms with Gasteiger partial charge < -0.3 is 15.0 Å². The van der Waals surface area contributed by atoms with Crippen LogP contribution in [0, 0.1) is 0 Å². The van der Waals surface area contributed by atoms with Crippen LogP contribution in [-0.4, -0.2) is 43.7 Å². The van der Waals surface area contributed by atoms with Crippen LogP contribution in [0.5, 0.6) is 0 Å². The van der Waals surface area contributed by atoms with Gasteiger partial charge in [0.2, 0.25) is 5.91 Å². The molecule has 1 aliphatic heterocycles. The summed E-state index contributed by atoms with van der Waals surface area (Å²) in [7, 11) is 1.85. The Kier molecular flexibility index (Phi) is 6.79. The van der Waals surface area contributed by atoms with Gasteiger partial charge in [0.05, 0.1) is 13.2 Å². The number of nitrogens with one attached hydrogen (secondary N) is 1. The van der Waals surface area contributed by atoms with Gasteiger partial charge in [0.25, 0.3) is 0 Å². The van der Waals surface area contributed by atoms with Crippen molar-refractivity contribution in [2.75, 3.05) is 26.8 Å². The molecule has 0 aromatic heterocycles. The molecule has 1 aliphatic rings. The molecule has 0 bridgehead atoms. The topological polar surface area (TPSA) is 41.6 Å². The molecular weight excluding hydrogens is 324 g/mol. The zero-order valence-corrected chi connectivity index (χ0v) is 14.6. The van der Waals surface area contributed by atoms with E-state index >= 15 is 0 Å². The van der Waals surface area contributed by atoms with Crippen molar-refractivity contribution in [1.82, 2.24) is 10.2 Å². The van der Waals surface area contributed by atoms with Crippen molar-refractivity contribution in [3.8, 4) is 11.1 Å². The lowest BCUT2D eigenvalue weighted by Gasteiger charge is -2.28. The third-order valence-corrected chi connectivity index (χ3v) is 4.11. The van der Waals surface area contributed by atoms with Crippen LogP contribution in [0.3, 0.4) is 0 Å². The second-order valence-corrected chi connectivity index (χ2v) is 5.80. The Bertz CT molecular complexity index is 657. The summed E-state index contributed by atoms with van der Waals surface area (Å²) in [5, 5.41) is 3.22. The molecule has 0 radical (unpaired) electrons. The molecule has 0 aliphatic carbocycles. The van der Waals surface area contributed by atoms with Crippen molar-refractivity contribution >= 4 is 18.3 Å². The quantitative estimate of drug-likeness (QED) is 0.925. The molecule has 2 aromatic rings. The molecular formula is C19H23ClN2O2. The summed E-state index contributed by atoms with van der Waals surface area (Å²) in [6.07, 6.45) is 0. The summed E-state index contributed by atoms with van der Waals surface area (Å²) in [5.74, 6) is 0.0764. The zero-order valence-electron chi connectivity index (χ0n) is 13.8. The van der Waals surface area contributed by atoms with Gasteiger partial charge in [0.15, 0.2) is 0 Å². The number of carbonyl (C=O) groups excluding carboxylic acids is 1. The van der Waals surface area contributed by atoms with E-state index in [0.29, 0.717) is 19.8 Å². The van der Waals surface area contributed by atoms with Crippen LogP contribution in [-0.2, 0) is 16.1 Å².